The Morgan fingerprint density at radius 2 is 2.08 bits per heavy atom. The number of nitrogens with zero attached hydrogens (tertiary/aromatic N) is 3. The van der Waals surface area contributed by atoms with Gasteiger partial charge in [0.25, 0.3) is 15.9 Å². The van der Waals surface area contributed by atoms with E-state index in [0.29, 0.717) is 5.82 Å². The van der Waals surface area contributed by atoms with Gasteiger partial charge in [0.05, 0.1) is 0 Å². The summed E-state index contributed by atoms with van der Waals surface area (Å²) in [5.74, 6) is 0.152. The predicted molar refractivity (Wildman–Crippen MR) is 92.9 cm³/mol. The second kappa shape index (κ2) is 7.94. The van der Waals surface area contributed by atoms with E-state index in [9.17, 15) is 12.8 Å². The van der Waals surface area contributed by atoms with Crippen molar-refractivity contribution in [1.82, 2.24) is 14.4 Å². The highest BCUT2D eigenvalue weighted by Crippen LogP contribution is 2.20. The second-order valence-electron chi connectivity index (χ2n) is 5.33. The van der Waals surface area contributed by atoms with Crippen LogP contribution >= 0.6 is 11.3 Å². The minimum absolute atomic E-state index is 0.0722. The summed E-state index contributed by atoms with van der Waals surface area (Å²) >= 11 is 1.16. The molecule has 2 heterocycles. The van der Waals surface area contributed by atoms with Crippen molar-refractivity contribution in [2.75, 3.05) is 13.6 Å². The molecule has 0 amide bonds. The standard InChI is InChI=1S/C16H16FN3O4S2/c1-20(26(21,22)16-7-4-10-25-16)9-8-14-18-15(24-19-14)11-23-13-6-3-2-5-12(13)17/h2-7,10H,8-9,11H2,1H3. The van der Waals surface area contributed by atoms with E-state index in [1.54, 1.807) is 29.6 Å². The van der Waals surface area contributed by atoms with Crippen LogP contribution in [0.4, 0.5) is 4.39 Å². The summed E-state index contributed by atoms with van der Waals surface area (Å²) in [6.07, 6.45) is 0.282. The van der Waals surface area contributed by atoms with Crippen LogP contribution in [0.1, 0.15) is 11.7 Å². The lowest BCUT2D eigenvalue weighted by Crippen LogP contribution is -2.28. The van der Waals surface area contributed by atoms with Gasteiger partial charge in [-0.15, -0.1) is 11.3 Å². The van der Waals surface area contributed by atoms with Crippen molar-refractivity contribution in [3.8, 4) is 5.75 Å². The number of aromatic nitrogens is 2. The molecule has 3 aromatic rings. The monoisotopic (exact) mass is 397 g/mol. The largest absolute Gasteiger partial charge is 0.481 e. The van der Waals surface area contributed by atoms with E-state index in [0.717, 1.165) is 11.3 Å². The van der Waals surface area contributed by atoms with Gasteiger partial charge in [-0.05, 0) is 23.6 Å². The molecule has 0 bridgehead atoms. The van der Waals surface area contributed by atoms with Gasteiger partial charge in [0.1, 0.15) is 4.21 Å². The molecule has 138 valence electrons. The first-order chi connectivity index (χ1) is 12.5. The van der Waals surface area contributed by atoms with Crippen LogP contribution in [0, 0.1) is 5.82 Å². The number of halogens is 1. The molecule has 0 unspecified atom stereocenters. The number of benzene rings is 1. The zero-order chi connectivity index (χ0) is 18.6. The Kier molecular flexibility index (Phi) is 5.64. The van der Waals surface area contributed by atoms with E-state index in [1.165, 1.54) is 23.5 Å². The lowest BCUT2D eigenvalue weighted by atomic mass is 10.3. The maximum absolute atomic E-state index is 13.5. The van der Waals surface area contributed by atoms with Crippen molar-refractivity contribution in [3.63, 3.8) is 0 Å². The van der Waals surface area contributed by atoms with E-state index in [1.807, 2.05) is 0 Å². The number of likely N-dealkylation sites (N-methyl/N-ethyl adjacent to an activating group) is 1. The molecule has 1 aromatic carbocycles. The molecule has 10 heteroatoms. The van der Waals surface area contributed by atoms with Crippen LogP contribution in [0.15, 0.2) is 50.5 Å². The van der Waals surface area contributed by atoms with E-state index in [-0.39, 0.29) is 35.4 Å². The third-order valence-corrected chi connectivity index (χ3v) is 6.74. The molecule has 0 aliphatic carbocycles. The molecule has 0 radical (unpaired) electrons. The van der Waals surface area contributed by atoms with Crippen molar-refractivity contribution < 1.29 is 22.1 Å². The first kappa shape index (κ1) is 18.5. The molecule has 0 fully saturated rings. The zero-order valence-corrected chi connectivity index (χ0v) is 15.5. The van der Waals surface area contributed by atoms with Crippen molar-refractivity contribution in [2.24, 2.45) is 0 Å². The van der Waals surface area contributed by atoms with Crippen LogP contribution < -0.4 is 4.74 Å². The SMILES string of the molecule is CN(CCc1noc(COc2ccccc2F)n1)S(=O)(=O)c1cccs1. The quantitative estimate of drug-likeness (QED) is 0.581. The van der Waals surface area contributed by atoms with Gasteiger partial charge < -0.3 is 9.26 Å². The Labute approximate surface area is 154 Å². The number of sulfonamides is 1. The Balaban J connectivity index is 1.55. The highest BCUT2D eigenvalue weighted by molar-refractivity contribution is 7.91. The fraction of sp³-hybridized carbons (Fsp3) is 0.250. The molecule has 2 aromatic heterocycles. The molecule has 0 saturated carbocycles. The zero-order valence-electron chi connectivity index (χ0n) is 13.8. The van der Waals surface area contributed by atoms with Crippen molar-refractivity contribution in [2.45, 2.75) is 17.2 Å². The molecular formula is C16H16FN3O4S2. The van der Waals surface area contributed by atoms with Gasteiger partial charge in [0.15, 0.2) is 24.0 Å². The topological polar surface area (TPSA) is 85.5 Å². The number of para-hydroxylation sites is 1. The third kappa shape index (κ3) is 4.26. The van der Waals surface area contributed by atoms with Gasteiger partial charge in [-0.3, -0.25) is 0 Å². The number of hydrogen-bond acceptors (Lipinski definition) is 7. The molecule has 7 nitrogen and oxygen atoms in total. The smallest absolute Gasteiger partial charge is 0.264 e. The fourth-order valence-electron chi connectivity index (χ4n) is 2.09. The normalized spacial score (nSPS) is 11.8. The van der Waals surface area contributed by atoms with Gasteiger partial charge in [-0.1, -0.05) is 23.4 Å². The Morgan fingerprint density at radius 3 is 2.81 bits per heavy atom. The molecule has 0 N–H and O–H groups in total. The summed E-state index contributed by atoms with van der Waals surface area (Å²) in [4.78, 5) is 4.13. The lowest BCUT2D eigenvalue weighted by molar-refractivity contribution is 0.234. The van der Waals surface area contributed by atoms with E-state index < -0.39 is 15.8 Å². The number of ether oxygens (including phenoxy) is 1. The summed E-state index contributed by atoms with van der Waals surface area (Å²) in [5.41, 5.74) is 0. The average Bonchev–Trinajstić information content (AvgIpc) is 3.31. The first-order valence-electron chi connectivity index (χ1n) is 7.65. The first-order valence-corrected chi connectivity index (χ1v) is 9.97. The van der Waals surface area contributed by atoms with E-state index >= 15 is 0 Å². The minimum Gasteiger partial charge on any atom is -0.481 e. The van der Waals surface area contributed by atoms with Crippen molar-refractivity contribution >= 4 is 21.4 Å². The summed E-state index contributed by atoms with van der Waals surface area (Å²) < 4.78 is 50.0. The van der Waals surface area contributed by atoms with Crippen molar-refractivity contribution in [3.05, 3.63) is 59.3 Å². The van der Waals surface area contributed by atoms with Gasteiger partial charge in [-0.25, -0.2) is 12.8 Å². The average molecular weight is 397 g/mol. The molecular weight excluding hydrogens is 381 g/mol. The van der Waals surface area contributed by atoms with Crippen molar-refractivity contribution in [1.29, 1.82) is 0 Å². The molecule has 26 heavy (non-hydrogen) atoms. The number of hydrogen-bond donors (Lipinski definition) is 0. The van der Waals surface area contributed by atoms with Gasteiger partial charge >= 0.3 is 0 Å². The maximum atomic E-state index is 13.5. The molecule has 0 aliphatic rings. The second-order valence-corrected chi connectivity index (χ2v) is 8.55. The summed E-state index contributed by atoms with van der Waals surface area (Å²) in [6.45, 7) is 0.130. The van der Waals surface area contributed by atoms with Crippen LogP contribution in [0.5, 0.6) is 5.75 Å². The predicted octanol–water partition coefficient (Wildman–Crippen LogP) is 2.71. The summed E-state index contributed by atoms with van der Waals surface area (Å²) in [5, 5.41) is 5.50. The Bertz CT molecular complexity index is 958. The van der Waals surface area contributed by atoms with Crippen LogP contribution in [-0.4, -0.2) is 36.5 Å². The van der Waals surface area contributed by atoms with Gasteiger partial charge in [0.2, 0.25) is 0 Å². The lowest BCUT2D eigenvalue weighted by Gasteiger charge is -2.14. The molecule has 0 atom stereocenters. The molecule has 0 spiro atoms. The van der Waals surface area contributed by atoms with E-state index in [2.05, 4.69) is 10.1 Å². The fourth-order valence-corrected chi connectivity index (χ4v) is 4.47. The van der Waals surface area contributed by atoms with Crippen LogP contribution in [0.2, 0.25) is 0 Å². The van der Waals surface area contributed by atoms with Gasteiger partial charge in [0, 0.05) is 20.0 Å². The minimum atomic E-state index is -3.51. The Morgan fingerprint density at radius 1 is 1.27 bits per heavy atom. The third-order valence-electron chi connectivity index (χ3n) is 3.51. The van der Waals surface area contributed by atoms with Crippen LogP contribution in [-0.2, 0) is 23.1 Å². The molecule has 3 rings (SSSR count). The van der Waals surface area contributed by atoms with Crippen LogP contribution in [0.3, 0.4) is 0 Å². The Hall–Kier alpha value is -2.30. The highest BCUT2D eigenvalue weighted by Gasteiger charge is 2.22. The maximum Gasteiger partial charge on any atom is 0.264 e. The number of thiophene rings is 1. The van der Waals surface area contributed by atoms with Gasteiger partial charge in [-0.2, -0.15) is 9.29 Å². The molecule has 0 saturated heterocycles. The number of rotatable bonds is 8. The highest BCUT2D eigenvalue weighted by atomic mass is 32.2. The van der Waals surface area contributed by atoms with Crippen LogP contribution in [0.25, 0.3) is 0 Å². The summed E-state index contributed by atoms with van der Waals surface area (Å²) in [6, 6.07) is 9.25. The summed E-state index contributed by atoms with van der Waals surface area (Å²) in [7, 11) is -2.01. The molecule has 0 aliphatic heterocycles. The van der Waals surface area contributed by atoms with E-state index in [4.69, 9.17) is 9.26 Å².